The second-order valence-corrected chi connectivity index (χ2v) is 5.96. The highest BCUT2D eigenvalue weighted by Gasteiger charge is 2.07. The van der Waals surface area contributed by atoms with Crippen molar-refractivity contribution in [2.24, 2.45) is 0 Å². The van der Waals surface area contributed by atoms with Gasteiger partial charge < -0.3 is 15.2 Å². The van der Waals surface area contributed by atoms with Gasteiger partial charge in [0.2, 0.25) is 11.8 Å². The minimum atomic E-state index is -0.151. The number of aromatic nitrogens is 1. The molecule has 6 nitrogen and oxygen atoms in total. The van der Waals surface area contributed by atoms with E-state index in [0.29, 0.717) is 18.7 Å². The Hall–Kier alpha value is -2.41. The number of nitrogens with zero attached hydrogens (tertiary/aromatic N) is 1. The van der Waals surface area contributed by atoms with E-state index in [0.717, 1.165) is 22.6 Å². The lowest BCUT2D eigenvalue weighted by atomic mass is 10.1. The number of likely N-dealkylation sites (N-methyl/N-ethyl adjacent to an activating group) is 1. The normalized spacial score (nSPS) is 10.3. The molecule has 0 spiro atoms. The largest absolute Gasteiger partial charge is 0.359 e. The lowest BCUT2D eigenvalue weighted by Crippen LogP contribution is -2.20. The third kappa shape index (κ3) is 4.79. The van der Waals surface area contributed by atoms with E-state index in [4.69, 9.17) is 0 Å². The molecule has 0 aliphatic carbocycles. The average Bonchev–Trinajstić information content (AvgIpc) is 2.85. The number of thiazole rings is 1. The van der Waals surface area contributed by atoms with Gasteiger partial charge in [-0.05, 0) is 24.6 Å². The summed E-state index contributed by atoms with van der Waals surface area (Å²) in [7, 11) is 1.59. The molecule has 0 fully saturated rings. The van der Waals surface area contributed by atoms with Gasteiger partial charge in [-0.25, -0.2) is 0 Å². The number of carbonyl (C=O) groups excluding carboxylic acids is 2. The average molecular weight is 333 g/mol. The number of hydrogen-bond donors (Lipinski definition) is 2. The van der Waals surface area contributed by atoms with Gasteiger partial charge in [0, 0.05) is 36.8 Å². The summed E-state index contributed by atoms with van der Waals surface area (Å²) in [6.07, 6.45) is 0.544. The van der Waals surface area contributed by atoms with E-state index in [2.05, 4.69) is 10.6 Å². The van der Waals surface area contributed by atoms with Gasteiger partial charge >= 0.3 is 4.87 Å². The van der Waals surface area contributed by atoms with E-state index in [9.17, 15) is 14.4 Å². The minimum absolute atomic E-state index is 0.0474. The molecule has 0 aliphatic rings. The highest BCUT2D eigenvalue weighted by molar-refractivity contribution is 7.07. The Morgan fingerprint density at radius 2 is 1.87 bits per heavy atom. The second kappa shape index (κ2) is 7.73. The summed E-state index contributed by atoms with van der Waals surface area (Å²) < 4.78 is 1.59. The fourth-order valence-electron chi connectivity index (χ4n) is 2.09. The fraction of sp³-hybridized carbons (Fsp3) is 0.312. The highest BCUT2D eigenvalue weighted by atomic mass is 32.1. The lowest BCUT2D eigenvalue weighted by Gasteiger charge is -2.07. The Balaban J connectivity index is 1.88. The van der Waals surface area contributed by atoms with Crippen molar-refractivity contribution in [2.75, 3.05) is 12.4 Å². The molecule has 1 heterocycles. The minimum Gasteiger partial charge on any atom is -0.359 e. The molecule has 1 aromatic heterocycles. The summed E-state index contributed by atoms with van der Waals surface area (Å²) in [5.74, 6) is -0.208. The summed E-state index contributed by atoms with van der Waals surface area (Å²) in [6.45, 7) is 2.22. The van der Waals surface area contributed by atoms with Crippen molar-refractivity contribution >= 4 is 28.8 Å². The Morgan fingerprint density at radius 1 is 1.17 bits per heavy atom. The molecule has 0 saturated heterocycles. The topological polar surface area (TPSA) is 80.2 Å². The lowest BCUT2D eigenvalue weighted by molar-refractivity contribution is -0.120. The van der Waals surface area contributed by atoms with Crippen LogP contribution in [0.15, 0.2) is 34.4 Å². The van der Waals surface area contributed by atoms with Crippen LogP contribution >= 0.6 is 11.3 Å². The zero-order valence-electron chi connectivity index (χ0n) is 13.1. The van der Waals surface area contributed by atoms with Gasteiger partial charge in [-0.15, -0.1) is 0 Å². The molecule has 0 unspecified atom stereocenters. The summed E-state index contributed by atoms with van der Waals surface area (Å²) in [5, 5.41) is 7.13. The smallest absolute Gasteiger partial charge is 0.307 e. The van der Waals surface area contributed by atoms with Crippen LogP contribution < -0.4 is 15.5 Å². The van der Waals surface area contributed by atoms with Crippen LogP contribution in [0.4, 0.5) is 5.69 Å². The third-order valence-corrected chi connectivity index (χ3v) is 4.30. The molecule has 0 bridgehead atoms. The molecule has 2 N–H and O–H groups in total. The van der Waals surface area contributed by atoms with Crippen molar-refractivity contribution < 1.29 is 9.59 Å². The van der Waals surface area contributed by atoms with Gasteiger partial charge in [-0.1, -0.05) is 23.5 Å². The molecule has 0 atom stereocenters. The number of nitrogens with one attached hydrogen (secondary N) is 2. The van der Waals surface area contributed by atoms with Crippen LogP contribution in [-0.4, -0.2) is 23.4 Å². The first-order valence-corrected chi connectivity index (χ1v) is 8.12. The first-order chi connectivity index (χ1) is 11.0. The number of aryl methyl sites for hydroxylation is 1. The highest BCUT2D eigenvalue weighted by Crippen LogP contribution is 2.11. The molecule has 23 heavy (non-hydrogen) atoms. The molecule has 0 saturated carbocycles. The fourth-order valence-corrected chi connectivity index (χ4v) is 2.85. The number of rotatable bonds is 6. The molecular formula is C16H19N3O3S. The zero-order chi connectivity index (χ0) is 16.8. The number of benzene rings is 1. The first kappa shape index (κ1) is 17.0. The van der Waals surface area contributed by atoms with Gasteiger partial charge in [0.05, 0.1) is 6.42 Å². The van der Waals surface area contributed by atoms with Gasteiger partial charge in [0.15, 0.2) is 0 Å². The summed E-state index contributed by atoms with van der Waals surface area (Å²) in [6, 6.07) is 7.13. The predicted octanol–water partition coefficient (Wildman–Crippen LogP) is 1.54. The van der Waals surface area contributed by atoms with Gasteiger partial charge in [0.25, 0.3) is 0 Å². The van der Waals surface area contributed by atoms with Crippen molar-refractivity contribution in [3.8, 4) is 0 Å². The summed E-state index contributed by atoms with van der Waals surface area (Å²) >= 11 is 1.14. The van der Waals surface area contributed by atoms with Crippen molar-refractivity contribution in [1.29, 1.82) is 0 Å². The molecule has 2 aromatic rings. The van der Waals surface area contributed by atoms with E-state index < -0.39 is 0 Å². The van der Waals surface area contributed by atoms with Crippen LogP contribution in [0.25, 0.3) is 0 Å². The standard InChI is InChI=1S/C16H19N3O3S/c1-11-10-23-16(22)19(11)8-7-14(20)18-13-5-3-12(4-6-13)9-15(21)17-2/h3-6,10H,7-9H2,1-2H3,(H,17,21)(H,18,20). The monoisotopic (exact) mass is 333 g/mol. The molecule has 0 radical (unpaired) electrons. The first-order valence-electron chi connectivity index (χ1n) is 7.24. The maximum Gasteiger partial charge on any atom is 0.307 e. The van der Waals surface area contributed by atoms with Crippen LogP contribution in [0.3, 0.4) is 0 Å². The quantitative estimate of drug-likeness (QED) is 0.841. The van der Waals surface area contributed by atoms with Crippen molar-refractivity contribution in [2.45, 2.75) is 26.3 Å². The Morgan fingerprint density at radius 3 is 2.43 bits per heavy atom. The Bertz CT molecular complexity index is 747. The second-order valence-electron chi connectivity index (χ2n) is 5.14. The van der Waals surface area contributed by atoms with Gasteiger partial charge in [-0.3, -0.25) is 14.4 Å². The van der Waals surface area contributed by atoms with Crippen molar-refractivity contribution in [3.63, 3.8) is 0 Å². The van der Waals surface area contributed by atoms with E-state index in [1.165, 1.54) is 0 Å². The molecule has 2 rings (SSSR count). The van der Waals surface area contributed by atoms with Crippen LogP contribution in [0.1, 0.15) is 17.7 Å². The van der Waals surface area contributed by atoms with Crippen LogP contribution in [0.5, 0.6) is 0 Å². The SMILES string of the molecule is CNC(=O)Cc1ccc(NC(=O)CCn2c(C)csc2=O)cc1. The van der Waals surface area contributed by atoms with Crippen LogP contribution in [0.2, 0.25) is 0 Å². The van der Waals surface area contributed by atoms with E-state index >= 15 is 0 Å². The number of hydrogen-bond acceptors (Lipinski definition) is 4. The van der Waals surface area contributed by atoms with Gasteiger partial charge in [0.1, 0.15) is 0 Å². The van der Waals surface area contributed by atoms with Crippen LogP contribution in [-0.2, 0) is 22.6 Å². The molecule has 0 aliphatic heterocycles. The number of anilines is 1. The van der Waals surface area contributed by atoms with Crippen molar-refractivity contribution in [3.05, 3.63) is 50.6 Å². The molecule has 7 heteroatoms. The molecular weight excluding hydrogens is 314 g/mol. The summed E-state index contributed by atoms with van der Waals surface area (Å²) in [5.41, 5.74) is 2.42. The van der Waals surface area contributed by atoms with Crippen LogP contribution in [0, 0.1) is 6.92 Å². The summed E-state index contributed by atoms with van der Waals surface area (Å²) in [4.78, 5) is 34.8. The molecule has 2 amide bonds. The molecule has 1 aromatic carbocycles. The maximum atomic E-state index is 12.0. The Labute approximate surface area is 138 Å². The van der Waals surface area contributed by atoms with E-state index in [-0.39, 0.29) is 23.1 Å². The molecule has 122 valence electrons. The zero-order valence-corrected chi connectivity index (χ0v) is 13.9. The number of carbonyl (C=O) groups is 2. The van der Waals surface area contributed by atoms with E-state index in [1.807, 2.05) is 6.92 Å². The van der Waals surface area contributed by atoms with Gasteiger partial charge in [-0.2, -0.15) is 0 Å². The predicted molar refractivity (Wildman–Crippen MR) is 90.8 cm³/mol. The van der Waals surface area contributed by atoms with E-state index in [1.54, 1.807) is 41.3 Å². The number of amides is 2. The van der Waals surface area contributed by atoms with Crippen molar-refractivity contribution in [1.82, 2.24) is 9.88 Å². The third-order valence-electron chi connectivity index (χ3n) is 3.42. The Kier molecular flexibility index (Phi) is 5.70. The maximum absolute atomic E-state index is 12.0.